The molecule has 1 radical (unpaired) electrons. The average Bonchev–Trinajstić information content (AvgIpc) is 2.30. The van der Waals surface area contributed by atoms with Crippen LogP contribution in [-0.2, 0) is 0 Å². The molecule has 0 heterocycles. The van der Waals surface area contributed by atoms with Crippen LogP contribution in [0.2, 0.25) is 0 Å². The molecular formula is C13H14N. The molecule has 0 unspecified atom stereocenters. The number of nitriles is 1. The van der Waals surface area contributed by atoms with Crippen LogP contribution >= 0.6 is 0 Å². The predicted molar refractivity (Wildman–Crippen MR) is 56.6 cm³/mol. The molecule has 1 fully saturated rings. The van der Waals surface area contributed by atoms with Gasteiger partial charge in [0.1, 0.15) is 0 Å². The molecule has 0 aromatic heterocycles. The molecule has 0 aliphatic heterocycles. The summed E-state index contributed by atoms with van der Waals surface area (Å²) in [6.45, 7) is 0. The van der Waals surface area contributed by atoms with Crippen molar-refractivity contribution < 1.29 is 0 Å². The largest absolute Gasteiger partial charge is 0.192 e. The van der Waals surface area contributed by atoms with Crippen LogP contribution in [0.5, 0.6) is 0 Å². The minimum Gasteiger partial charge on any atom is -0.192 e. The molecule has 0 bridgehead atoms. The van der Waals surface area contributed by atoms with E-state index in [1.54, 1.807) is 5.92 Å². The molecule has 1 aliphatic rings. The van der Waals surface area contributed by atoms with E-state index < -0.39 is 0 Å². The van der Waals surface area contributed by atoms with Crippen molar-refractivity contribution in [3.05, 3.63) is 41.3 Å². The highest BCUT2D eigenvalue weighted by molar-refractivity contribution is 5.37. The van der Waals surface area contributed by atoms with Crippen molar-refractivity contribution in [1.82, 2.24) is 0 Å². The average molecular weight is 184 g/mol. The normalized spacial score (nSPS) is 17.6. The van der Waals surface area contributed by atoms with Crippen LogP contribution in [0.25, 0.3) is 0 Å². The summed E-state index contributed by atoms with van der Waals surface area (Å²) >= 11 is 0. The van der Waals surface area contributed by atoms with Gasteiger partial charge < -0.3 is 0 Å². The van der Waals surface area contributed by atoms with Crippen LogP contribution in [0.15, 0.2) is 24.3 Å². The van der Waals surface area contributed by atoms with E-state index in [9.17, 15) is 0 Å². The maximum Gasteiger partial charge on any atom is 0.0991 e. The molecule has 2 rings (SSSR count). The Kier molecular flexibility index (Phi) is 2.84. The third-order valence-corrected chi connectivity index (χ3v) is 2.88. The van der Waals surface area contributed by atoms with Crippen LogP contribution in [0.3, 0.4) is 0 Å². The van der Waals surface area contributed by atoms with Gasteiger partial charge in [-0.25, -0.2) is 0 Å². The topological polar surface area (TPSA) is 23.8 Å². The molecular weight excluding hydrogens is 170 g/mol. The second-order valence-corrected chi connectivity index (χ2v) is 3.85. The van der Waals surface area contributed by atoms with Gasteiger partial charge in [-0.05, 0) is 30.5 Å². The number of nitrogens with zero attached hydrogens (tertiary/aromatic N) is 1. The highest BCUT2D eigenvalue weighted by Gasteiger charge is 2.15. The third kappa shape index (κ3) is 1.96. The van der Waals surface area contributed by atoms with Gasteiger partial charge in [-0.1, -0.05) is 31.4 Å². The number of rotatable bonds is 1. The van der Waals surface area contributed by atoms with Gasteiger partial charge in [0.05, 0.1) is 11.6 Å². The van der Waals surface area contributed by atoms with Gasteiger partial charge in [-0.15, -0.1) is 0 Å². The van der Waals surface area contributed by atoms with Crippen LogP contribution in [0.1, 0.15) is 43.2 Å². The quantitative estimate of drug-likeness (QED) is 0.655. The van der Waals surface area contributed by atoms with Crippen molar-refractivity contribution in [2.45, 2.75) is 32.1 Å². The van der Waals surface area contributed by atoms with E-state index in [0.29, 0.717) is 0 Å². The summed E-state index contributed by atoms with van der Waals surface area (Å²) in [4.78, 5) is 0. The van der Waals surface area contributed by atoms with Crippen molar-refractivity contribution in [2.75, 3.05) is 0 Å². The Hall–Kier alpha value is -1.29. The Morgan fingerprint density at radius 3 is 2.14 bits per heavy atom. The summed E-state index contributed by atoms with van der Waals surface area (Å²) < 4.78 is 0. The summed E-state index contributed by atoms with van der Waals surface area (Å²) in [6.07, 6.45) is 6.52. The SMILES string of the molecule is N#Cc1ccc([C]2CCCCC2)cc1. The summed E-state index contributed by atoms with van der Waals surface area (Å²) in [7, 11) is 0. The van der Waals surface area contributed by atoms with Crippen LogP contribution in [0, 0.1) is 17.2 Å². The zero-order valence-electron chi connectivity index (χ0n) is 8.29. The summed E-state index contributed by atoms with van der Waals surface area (Å²) in [5, 5.41) is 8.68. The van der Waals surface area contributed by atoms with Crippen molar-refractivity contribution in [2.24, 2.45) is 0 Å². The van der Waals surface area contributed by atoms with E-state index in [-0.39, 0.29) is 0 Å². The minimum absolute atomic E-state index is 0.755. The van der Waals surface area contributed by atoms with Crippen LogP contribution in [-0.4, -0.2) is 0 Å². The molecule has 71 valence electrons. The highest BCUT2D eigenvalue weighted by atomic mass is 14.2. The molecule has 1 aromatic rings. The maximum absolute atomic E-state index is 8.68. The Morgan fingerprint density at radius 1 is 0.929 bits per heavy atom. The summed E-state index contributed by atoms with van der Waals surface area (Å²) in [6, 6.07) is 10.1. The zero-order chi connectivity index (χ0) is 9.80. The fourth-order valence-electron chi connectivity index (χ4n) is 2.05. The van der Waals surface area contributed by atoms with E-state index >= 15 is 0 Å². The summed E-state index contributed by atoms with van der Waals surface area (Å²) in [5.74, 6) is 1.57. The van der Waals surface area contributed by atoms with Gasteiger partial charge in [-0.3, -0.25) is 0 Å². The Labute approximate surface area is 85.4 Å². The van der Waals surface area contributed by atoms with Gasteiger partial charge in [-0.2, -0.15) is 5.26 Å². The van der Waals surface area contributed by atoms with Crippen molar-refractivity contribution in [3.63, 3.8) is 0 Å². The second-order valence-electron chi connectivity index (χ2n) is 3.85. The van der Waals surface area contributed by atoms with Crippen LogP contribution < -0.4 is 0 Å². The second kappa shape index (κ2) is 4.28. The molecule has 1 saturated carbocycles. The highest BCUT2D eigenvalue weighted by Crippen LogP contribution is 2.31. The molecule has 1 aromatic carbocycles. The smallest absolute Gasteiger partial charge is 0.0991 e. The maximum atomic E-state index is 8.68. The van der Waals surface area contributed by atoms with Crippen molar-refractivity contribution in [1.29, 1.82) is 5.26 Å². The first-order chi connectivity index (χ1) is 6.90. The van der Waals surface area contributed by atoms with Gasteiger partial charge in [0, 0.05) is 5.92 Å². The molecule has 1 heteroatoms. The molecule has 0 N–H and O–H groups in total. The Morgan fingerprint density at radius 2 is 1.57 bits per heavy atom. The van der Waals surface area contributed by atoms with Gasteiger partial charge >= 0.3 is 0 Å². The van der Waals surface area contributed by atoms with Gasteiger partial charge in [0.25, 0.3) is 0 Å². The van der Waals surface area contributed by atoms with E-state index in [2.05, 4.69) is 18.2 Å². The molecule has 0 spiro atoms. The predicted octanol–water partition coefficient (Wildman–Crippen LogP) is 3.44. The fraction of sp³-hybridized carbons (Fsp3) is 0.385. The third-order valence-electron chi connectivity index (χ3n) is 2.88. The zero-order valence-corrected chi connectivity index (χ0v) is 8.29. The van der Waals surface area contributed by atoms with E-state index in [4.69, 9.17) is 5.26 Å². The molecule has 1 aliphatic carbocycles. The fourth-order valence-corrected chi connectivity index (χ4v) is 2.05. The minimum atomic E-state index is 0.755. The number of hydrogen-bond donors (Lipinski definition) is 0. The Bertz CT molecular complexity index is 325. The molecule has 1 nitrogen and oxygen atoms in total. The number of hydrogen-bond acceptors (Lipinski definition) is 1. The van der Waals surface area contributed by atoms with Gasteiger partial charge in [0.15, 0.2) is 0 Å². The standard InChI is InChI=1S/C13H14N/c14-10-11-6-8-13(9-7-11)12-4-2-1-3-5-12/h6-9H,1-5H2. The van der Waals surface area contributed by atoms with E-state index in [1.807, 2.05) is 12.1 Å². The lowest BCUT2D eigenvalue weighted by Gasteiger charge is -2.21. The van der Waals surface area contributed by atoms with E-state index in [0.717, 1.165) is 5.56 Å². The lowest BCUT2D eigenvalue weighted by Crippen LogP contribution is -2.05. The van der Waals surface area contributed by atoms with E-state index in [1.165, 1.54) is 37.7 Å². The number of benzene rings is 1. The lowest BCUT2D eigenvalue weighted by molar-refractivity contribution is 0.551. The Balaban J connectivity index is 2.12. The van der Waals surface area contributed by atoms with Crippen molar-refractivity contribution in [3.8, 4) is 6.07 Å². The first-order valence-corrected chi connectivity index (χ1v) is 5.25. The molecule has 0 amide bonds. The van der Waals surface area contributed by atoms with Crippen LogP contribution in [0.4, 0.5) is 0 Å². The monoisotopic (exact) mass is 184 g/mol. The molecule has 0 atom stereocenters. The first kappa shape index (κ1) is 9.27. The van der Waals surface area contributed by atoms with Crippen molar-refractivity contribution >= 4 is 0 Å². The lowest BCUT2D eigenvalue weighted by atomic mass is 9.84. The summed E-state index contributed by atoms with van der Waals surface area (Å²) in [5.41, 5.74) is 2.09. The first-order valence-electron chi connectivity index (χ1n) is 5.25. The van der Waals surface area contributed by atoms with Gasteiger partial charge in [0.2, 0.25) is 0 Å². The molecule has 14 heavy (non-hydrogen) atoms. The molecule has 0 saturated heterocycles.